The molecule has 4 aliphatic rings. The van der Waals surface area contributed by atoms with Gasteiger partial charge in [0.2, 0.25) is 0 Å². The fraction of sp³-hybridized carbons (Fsp3) is 0.714. The van der Waals surface area contributed by atoms with E-state index in [2.05, 4.69) is 9.97 Å². The van der Waals surface area contributed by atoms with Crippen molar-refractivity contribution in [3.05, 3.63) is 18.1 Å². The van der Waals surface area contributed by atoms with Gasteiger partial charge in [0, 0.05) is 17.2 Å². The molecule has 4 fully saturated rings. The van der Waals surface area contributed by atoms with Crippen LogP contribution < -0.4 is 5.73 Å². The normalized spacial score (nSPS) is 42.9. The summed E-state index contributed by atoms with van der Waals surface area (Å²) in [5.41, 5.74) is 7.67. The minimum Gasteiger partial charge on any atom is -0.383 e. The molecular weight excluding hydrogens is 210 g/mol. The maximum Gasteiger partial charge on any atom is 0.130 e. The topological polar surface area (TPSA) is 51.8 Å². The van der Waals surface area contributed by atoms with Crippen molar-refractivity contribution < 1.29 is 0 Å². The quantitative estimate of drug-likeness (QED) is 0.805. The fourth-order valence-corrected chi connectivity index (χ4v) is 5.19. The molecule has 0 aromatic carbocycles. The lowest BCUT2D eigenvalue weighted by Crippen LogP contribution is -2.48. The third-order valence-electron chi connectivity index (χ3n) is 5.35. The summed E-state index contributed by atoms with van der Waals surface area (Å²) in [4.78, 5) is 8.41. The summed E-state index contributed by atoms with van der Waals surface area (Å²) in [5, 5.41) is 0. The largest absolute Gasteiger partial charge is 0.383 e. The van der Waals surface area contributed by atoms with Crippen LogP contribution in [0.25, 0.3) is 0 Å². The summed E-state index contributed by atoms with van der Waals surface area (Å²) in [6, 6.07) is 0. The van der Waals surface area contributed by atoms with Crippen LogP contribution in [0.15, 0.2) is 12.5 Å². The van der Waals surface area contributed by atoms with Crippen molar-refractivity contribution in [3.8, 4) is 0 Å². The van der Waals surface area contributed by atoms with Gasteiger partial charge in [-0.1, -0.05) is 0 Å². The van der Waals surface area contributed by atoms with Crippen molar-refractivity contribution in [1.29, 1.82) is 0 Å². The monoisotopic (exact) mass is 229 g/mol. The molecule has 4 aliphatic carbocycles. The zero-order valence-electron chi connectivity index (χ0n) is 10.1. The van der Waals surface area contributed by atoms with Crippen molar-refractivity contribution in [1.82, 2.24) is 9.97 Å². The Labute approximate surface area is 102 Å². The van der Waals surface area contributed by atoms with Gasteiger partial charge in [0.25, 0.3) is 0 Å². The molecule has 5 rings (SSSR count). The summed E-state index contributed by atoms with van der Waals surface area (Å²) >= 11 is 0. The summed E-state index contributed by atoms with van der Waals surface area (Å²) in [5.74, 6) is 3.56. The lowest BCUT2D eigenvalue weighted by Gasteiger charge is -2.57. The molecule has 90 valence electrons. The predicted molar refractivity (Wildman–Crippen MR) is 66.3 cm³/mol. The van der Waals surface area contributed by atoms with E-state index in [9.17, 15) is 0 Å². The van der Waals surface area contributed by atoms with Gasteiger partial charge in [-0.15, -0.1) is 0 Å². The maximum absolute atomic E-state index is 6.09. The predicted octanol–water partition coefficient (Wildman–Crippen LogP) is 2.53. The molecule has 1 aromatic rings. The average molecular weight is 229 g/mol. The van der Waals surface area contributed by atoms with Gasteiger partial charge < -0.3 is 5.73 Å². The number of nitrogens with zero attached hydrogens (tertiary/aromatic N) is 2. The lowest BCUT2D eigenvalue weighted by molar-refractivity contribution is -0.00511. The third-order valence-corrected chi connectivity index (χ3v) is 5.35. The van der Waals surface area contributed by atoms with Crippen LogP contribution in [0, 0.1) is 17.8 Å². The highest BCUT2D eigenvalue weighted by molar-refractivity contribution is 5.44. The van der Waals surface area contributed by atoms with Crippen LogP contribution in [0.2, 0.25) is 0 Å². The molecule has 2 N–H and O–H groups in total. The van der Waals surface area contributed by atoms with Gasteiger partial charge in [-0.25, -0.2) is 9.97 Å². The molecule has 3 heteroatoms. The summed E-state index contributed by atoms with van der Waals surface area (Å²) in [7, 11) is 0. The van der Waals surface area contributed by atoms with E-state index in [0.717, 1.165) is 23.6 Å². The highest BCUT2D eigenvalue weighted by atomic mass is 14.9. The first-order valence-electron chi connectivity index (χ1n) is 6.81. The van der Waals surface area contributed by atoms with Crippen LogP contribution in [0.4, 0.5) is 5.82 Å². The second-order valence-electron chi connectivity index (χ2n) is 6.52. The van der Waals surface area contributed by atoms with E-state index in [0.29, 0.717) is 5.41 Å². The lowest BCUT2D eigenvalue weighted by atomic mass is 9.48. The molecule has 4 saturated carbocycles. The molecule has 0 aliphatic heterocycles. The molecule has 17 heavy (non-hydrogen) atoms. The molecule has 0 unspecified atom stereocenters. The summed E-state index contributed by atoms with van der Waals surface area (Å²) < 4.78 is 0. The molecule has 3 nitrogen and oxygen atoms in total. The number of nitrogens with two attached hydrogens (primary N) is 1. The fourth-order valence-electron chi connectivity index (χ4n) is 5.19. The molecular formula is C14H19N3. The Morgan fingerprint density at radius 2 is 1.65 bits per heavy atom. The Bertz CT molecular complexity index is 419. The van der Waals surface area contributed by atoms with Gasteiger partial charge >= 0.3 is 0 Å². The second-order valence-corrected chi connectivity index (χ2v) is 6.52. The van der Waals surface area contributed by atoms with Crippen LogP contribution in [0.1, 0.15) is 44.1 Å². The molecule has 0 amide bonds. The Hall–Kier alpha value is -1.12. The number of hydrogen-bond acceptors (Lipinski definition) is 3. The first kappa shape index (κ1) is 9.86. The third kappa shape index (κ3) is 1.34. The van der Waals surface area contributed by atoms with Gasteiger partial charge in [-0.05, 0) is 56.3 Å². The molecule has 0 spiro atoms. The van der Waals surface area contributed by atoms with Crippen molar-refractivity contribution in [2.75, 3.05) is 5.73 Å². The van der Waals surface area contributed by atoms with Crippen LogP contribution in [0.3, 0.4) is 0 Å². The van der Waals surface area contributed by atoms with Gasteiger partial charge in [-0.3, -0.25) is 0 Å². The average Bonchev–Trinajstić information content (AvgIpc) is 2.27. The SMILES string of the molecule is Nc1ncncc1C12CC3CC(CC(C3)C1)C2. The smallest absolute Gasteiger partial charge is 0.130 e. The highest BCUT2D eigenvalue weighted by Crippen LogP contribution is 2.61. The van der Waals surface area contributed by atoms with Crippen LogP contribution in [0.5, 0.6) is 0 Å². The summed E-state index contributed by atoms with van der Waals surface area (Å²) in [6.45, 7) is 0. The Balaban J connectivity index is 1.80. The van der Waals surface area contributed by atoms with E-state index in [1.54, 1.807) is 6.33 Å². The van der Waals surface area contributed by atoms with Crippen LogP contribution in [-0.4, -0.2) is 9.97 Å². The number of rotatable bonds is 1. The Kier molecular flexibility index (Phi) is 1.86. The summed E-state index contributed by atoms with van der Waals surface area (Å²) in [6.07, 6.45) is 11.9. The first-order valence-corrected chi connectivity index (χ1v) is 6.81. The molecule has 0 radical (unpaired) electrons. The highest BCUT2D eigenvalue weighted by Gasteiger charge is 2.52. The van der Waals surface area contributed by atoms with E-state index in [4.69, 9.17) is 5.73 Å². The van der Waals surface area contributed by atoms with E-state index in [1.807, 2.05) is 6.20 Å². The number of anilines is 1. The van der Waals surface area contributed by atoms with Crippen molar-refractivity contribution in [3.63, 3.8) is 0 Å². The maximum atomic E-state index is 6.09. The van der Waals surface area contributed by atoms with Crippen LogP contribution in [-0.2, 0) is 5.41 Å². The van der Waals surface area contributed by atoms with Crippen molar-refractivity contribution >= 4 is 5.82 Å². The molecule has 1 heterocycles. The Morgan fingerprint density at radius 1 is 1.06 bits per heavy atom. The van der Waals surface area contributed by atoms with Crippen molar-refractivity contribution in [2.45, 2.75) is 43.9 Å². The number of nitrogen functional groups attached to an aromatic ring is 1. The zero-order valence-corrected chi connectivity index (χ0v) is 10.1. The Morgan fingerprint density at radius 3 is 2.18 bits per heavy atom. The molecule has 4 bridgehead atoms. The van der Waals surface area contributed by atoms with Gasteiger partial charge in [-0.2, -0.15) is 0 Å². The minimum atomic E-state index is 0.333. The van der Waals surface area contributed by atoms with E-state index in [-0.39, 0.29) is 0 Å². The number of aromatic nitrogens is 2. The first-order chi connectivity index (χ1) is 8.25. The molecule has 0 atom stereocenters. The van der Waals surface area contributed by atoms with Crippen LogP contribution >= 0.6 is 0 Å². The van der Waals surface area contributed by atoms with E-state index < -0.39 is 0 Å². The van der Waals surface area contributed by atoms with E-state index >= 15 is 0 Å². The zero-order chi connectivity index (χ0) is 11.5. The molecule has 1 aromatic heterocycles. The van der Waals surface area contributed by atoms with Gasteiger partial charge in [0.05, 0.1) is 0 Å². The van der Waals surface area contributed by atoms with Gasteiger partial charge in [0.15, 0.2) is 0 Å². The number of hydrogen-bond donors (Lipinski definition) is 1. The van der Waals surface area contributed by atoms with Crippen molar-refractivity contribution in [2.24, 2.45) is 17.8 Å². The van der Waals surface area contributed by atoms with Gasteiger partial charge in [0.1, 0.15) is 12.1 Å². The standard InChI is InChI=1S/C14H19N3/c15-13-12(7-16-8-17-13)14-4-9-1-10(5-14)3-11(2-9)6-14/h7-11H,1-6H2,(H2,15,16,17). The van der Waals surface area contributed by atoms with E-state index in [1.165, 1.54) is 44.1 Å². The minimum absolute atomic E-state index is 0.333. The molecule has 0 saturated heterocycles. The second kappa shape index (κ2) is 3.21.